The first kappa shape index (κ1) is 14.8. The van der Waals surface area contributed by atoms with E-state index in [0.717, 1.165) is 23.1 Å². The molecule has 1 aromatic heterocycles. The fraction of sp³-hybridized carbons (Fsp3) is 0.0909. The number of hydrogen-bond acceptors (Lipinski definition) is 7. The highest BCUT2D eigenvalue weighted by Crippen LogP contribution is 2.38. The zero-order chi connectivity index (χ0) is 14.7. The number of nitro benzene ring substituents is 1. The molecule has 0 saturated heterocycles. The molecule has 0 aliphatic rings. The number of rotatable bonds is 4. The fourth-order valence-electron chi connectivity index (χ4n) is 1.33. The second kappa shape index (κ2) is 6.21. The molecular formula is C11H7ClN2O4S2. The van der Waals surface area contributed by atoms with Crippen molar-refractivity contribution < 1.29 is 14.5 Å². The van der Waals surface area contributed by atoms with Gasteiger partial charge in [0.15, 0.2) is 14.4 Å². The van der Waals surface area contributed by atoms with E-state index >= 15 is 0 Å². The van der Waals surface area contributed by atoms with Gasteiger partial charge in [-0.1, -0.05) is 46.8 Å². The van der Waals surface area contributed by atoms with E-state index in [1.165, 1.54) is 13.2 Å². The summed E-state index contributed by atoms with van der Waals surface area (Å²) in [6, 6.07) is 6.28. The molecule has 0 bridgehead atoms. The molecule has 0 unspecified atom stereocenters. The number of carbonyl (C=O) groups excluding carboxylic acids is 1. The highest BCUT2D eigenvalue weighted by Gasteiger charge is 2.20. The van der Waals surface area contributed by atoms with Gasteiger partial charge < -0.3 is 4.74 Å². The van der Waals surface area contributed by atoms with E-state index in [-0.39, 0.29) is 15.7 Å². The van der Waals surface area contributed by atoms with Crippen LogP contribution in [0.2, 0.25) is 5.15 Å². The molecule has 0 radical (unpaired) electrons. The number of aromatic nitrogens is 1. The Morgan fingerprint density at radius 3 is 2.85 bits per heavy atom. The SMILES string of the molecule is COC(=O)c1sc(Sc2ccccc2[N+](=O)[O-])nc1Cl. The summed E-state index contributed by atoms with van der Waals surface area (Å²) in [4.78, 5) is 26.5. The Balaban J connectivity index is 2.32. The van der Waals surface area contributed by atoms with Crippen molar-refractivity contribution in [1.29, 1.82) is 0 Å². The Hall–Kier alpha value is -1.64. The van der Waals surface area contributed by atoms with Gasteiger partial charge in [0.1, 0.15) is 0 Å². The Morgan fingerprint density at radius 1 is 1.50 bits per heavy atom. The molecule has 0 fully saturated rings. The first-order valence-corrected chi connectivity index (χ1v) is 7.20. The van der Waals surface area contributed by atoms with Crippen LogP contribution in [-0.2, 0) is 4.74 Å². The van der Waals surface area contributed by atoms with E-state index in [0.29, 0.717) is 9.24 Å². The van der Waals surface area contributed by atoms with Crippen LogP contribution in [0.3, 0.4) is 0 Å². The largest absolute Gasteiger partial charge is 0.465 e. The van der Waals surface area contributed by atoms with E-state index < -0.39 is 10.9 Å². The quantitative estimate of drug-likeness (QED) is 0.483. The lowest BCUT2D eigenvalue weighted by Gasteiger charge is -1.98. The second-order valence-electron chi connectivity index (χ2n) is 3.42. The van der Waals surface area contributed by atoms with Crippen LogP contribution in [-0.4, -0.2) is 23.0 Å². The highest BCUT2D eigenvalue weighted by molar-refractivity contribution is 8.01. The number of methoxy groups -OCH3 is 1. The summed E-state index contributed by atoms with van der Waals surface area (Å²) < 4.78 is 5.01. The number of nitro groups is 1. The molecule has 0 saturated carbocycles. The zero-order valence-electron chi connectivity index (χ0n) is 10.0. The number of carbonyl (C=O) groups is 1. The molecule has 9 heteroatoms. The maximum Gasteiger partial charge on any atom is 0.351 e. The summed E-state index contributed by atoms with van der Waals surface area (Å²) in [5.74, 6) is -0.582. The van der Waals surface area contributed by atoms with Gasteiger partial charge in [-0.15, -0.1) is 0 Å². The fourth-order valence-corrected chi connectivity index (χ4v) is 3.72. The summed E-state index contributed by atoms with van der Waals surface area (Å²) >= 11 is 7.95. The van der Waals surface area contributed by atoms with E-state index in [4.69, 9.17) is 11.6 Å². The maximum atomic E-state index is 11.4. The van der Waals surface area contributed by atoms with Crippen LogP contribution in [0.1, 0.15) is 9.67 Å². The molecule has 1 aromatic carbocycles. The first-order chi connectivity index (χ1) is 9.52. The molecule has 104 valence electrons. The van der Waals surface area contributed by atoms with E-state index in [9.17, 15) is 14.9 Å². The molecule has 2 aromatic rings. The molecule has 20 heavy (non-hydrogen) atoms. The van der Waals surface area contributed by atoms with Crippen LogP contribution in [0.15, 0.2) is 33.5 Å². The van der Waals surface area contributed by atoms with Gasteiger partial charge in [-0.25, -0.2) is 9.78 Å². The van der Waals surface area contributed by atoms with Crippen molar-refractivity contribution in [3.05, 3.63) is 44.4 Å². The predicted molar refractivity (Wildman–Crippen MR) is 75.7 cm³/mol. The number of hydrogen-bond donors (Lipinski definition) is 0. The molecule has 6 nitrogen and oxygen atoms in total. The summed E-state index contributed by atoms with van der Waals surface area (Å²) in [5.41, 5.74) is -0.0246. The van der Waals surface area contributed by atoms with Gasteiger partial charge in [0.25, 0.3) is 5.69 Å². The lowest BCUT2D eigenvalue weighted by atomic mass is 10.3. The van der Waals surface area contributed by atoms with Crippen LogP contribution < -0.4 is 0 Å². The third-order valence-corrected chi connectivity index (χ3v) is 4.74. The third-order valence-electron chi connectivity index (χ3n) is 2.20. The number of para-hydroxylation sites is 1. The monoisotopic (exact) mass is 330 g/mol. The van der Waals surface area contributed by atoms with Crippen LogP contribution >= 0.6 is 34.7 Å². The molecule has 1 heterocycles. The van der Waals surface area contributed by atoms with Gasteiger partial charge in [0, 0.05) is 6.07 Å². The van der Waals surface area contributed by atoms with Crippen molar-refractivity contribution in [3.63, 3.8) is 0 Å². The number of ether oxygens (including phenoxy) is 1. The average Bonchev–Trinajstić information content (AvgIpc) is 2.79. The molecule has 0 spiro atoms. The number of benzene rings is 1. The number of nitrogens with zero attached hydrogens (tertiary/aromatic N) is 2. The minimum atomic E-state index is -0.582. The Morgan fingerprint density at radius 2 is 2.20 bits per heavy atom. The van der Waals surface area contributed by atoms with Crippen LogP contribution in [0.5, 0.6) is 0 Å². The van der Waals surface area contributed by atoms with Crippen molar-refractivity contribution in [2.24, 2.45) is 0 Å². The lowest BCUT2D eigenvalue weighted by molar-refractivity contribution is -0.387. The molecule has 0 amide bonds. The van der Waals surface area contributed by atoms with E-state index in [1.54, 1.807) is 18.2 Å². The van der Waals surface area contributed by atoms with Crippen molar-refractivity contribution in [2.75, 3.05) is 7.11 Å². The smallest absolute Gasteiger partial charge is 0.351 e. The van der Waals surface area contributed by atoms with Crippen molar-refractivity contribution in [1.82, 2.24) is 4.98 Å². The third kappa shape index (κ3) is 3.09. The standard InChI is InChI=1S/C11H7ClN2O4S2/c1-18-10(15)8-9(12)13-11(20-8)19-7-5-3-2-4-6(7)14(16)17/h2-5H,1H3. The Kier molecular flexibility index (Phi) is 4.58. The van der Waals surface area contributed by atoms with Crippen molar-refractivity contribution in [2.45, 2.75) is 9.24 Å². The van der Waals surface area contributed by atoms with Gasteiger partial charge in [0.2, 0.25) is 0 Å². The lowest BCUT2D eigenvalue weighted by Crippen LogP contribution is -1.98. The summed E-state index contributed by atoms with van der Waals surface area (Å²) in [7, 11) is 1.24. The number of esters is 1. The molecule has 0 atom stereocenters. The number of thiazole rings is 1. The highest BCUT2D eigenvalue weighted by atomic mass is 35.5. The van der Waals surface area contributed by atoms with Gasteiger partial charge in [-0.3, -0.25) is 10.1 Å². The van der Waals surface area contributed by atoms with Crippen molar-refractivity contribution in [3.8, 4) is 0 Å². The minimum absolute atomic E-state index is 0.0246. The molecule has 0 aliphatic carbocycles. The van der Waals surface area contributed by atoms with Gasteiger partial charge >= 0.3 is 5.97 Å². The van der Waals surface area contributed by atoms with Gasteiger partial charge in [-0.05, 0) is 6.07 Å². The second-order valence-corrected chi connectivity index (χ2v) is 6.06. The molecular weight excluding hydrogens is 324 g/mol. The predicted octanol–water partition coefficient (Wildman–Crippen LogP) is 3.64. The maximum absolute atomic E-state index is 11.4. The number of halogens is 1. The van der Waals surface area contributed by atoms with E-state index in [2.05, 4.69) is 9.72 Å². The normalized spacial score (nSPS) is 10.3. The first-order valence-electron chi connectivity index (χ1n) is 5.19. The average molecular weight is 331 g/mol. The summed E-state index contributed by atoms with van der Waals surface area (Å²) in [6.07, 6.45) is 0. The topological polar surface area (TPSA) is 82.3 Å². The van der Waals surface area contributed by atoms with Crippen LogP contribution in [0, 0.1) is 10.1 Å². The van der Waals surface area contributed by atoms with Crippen molar-refractivity contribution >= 4 is 46.4 Å². The summed E-state index contributed by atoms with van der Waals surface area (Å²) in [5, 5.41) is 10.9. The zero-order valence-corrected chi connectivity index (χ0v) is 12.4. The van der Waals surface area contributed by atoms with Gasteiger partial charge in [-0.2, -0.15) is 0 Å². The minimum Gasteiger partial charge on any atom is -0.465 e. The molecule has 0 aliphatic heterocycles. The Bertz CT molecular complexity index is 674. The molecule has 0 N–H and O–H groups in total. The van der Waals surface area contributed by atoms with Crippen LogP contribution in [0.4, 0.5) is 5.69 Å². The van der Waals surface area contributed by atoms with Crippen LogP contribution in [0.25, 0.3) is 0 Å². The Labute approximate surface area is 126 Å². The summed E-state index contributed by atoms with van der Waals surface area (Å²) in [6.45, 7) is 0. The molecule has 2 rings (SSSR count). The van der Waals surface area contributed by atoms with E-state index in [1.807, 2.05) is 0 Å². The van der Waals surface area contributed by atoms with Gasteiger partial charge in [0.05, 0.1) is 16.9 Å².